The number of rotatable bonds is 10. The van der Waals surface area contributed by atoms with Crippen LogP contribution in [0.2, 0.25) is 0 Å². The fourth-order valence-electron chi connectivity index (χ4n) is 3.77. The van der Waals surface area contributed by atoms with Gasteiger partial charge in [0.2, 0.25) is 17.7 Å². The Kier molecular flexibility index (Phi) is 6.82. The van der Waals surface area contributed by atoms with Crippen molar-refractivity contribution in [1.82, 2.24) is 29.5 Å². The molecule has 1 fully saturated rings. The monoisotopic (exact) mass is 464 g/mol. The summed E-state index contributed by atoms with van der Waals surface area (Å²) in [6.45, 7) is 6.10. The third kappa shape index (κ3) is 5.43. The van der Waals surface area contributed by atoms with Crippen molar-refractivity contribution >= 4 is 17.7 Å². The summed E-state index contributed by atoms with van der Waals surface area (Å²) >= 11 is 0. The fourth-order valence-corrected chi connectivity index (χ4v) is 3.77. The molecule has 4 aromatic rings. The molecule has 3 N–H and O–H groups in total. The maximum absolute atomic E-state index is 6.03. The summed E-state index contributed by atoms with van der Waals surface area (Å²) in [5.74, 6) is 2.81. The van der Waals surface area contributed by atoms with Crippen molar-refractivity contribution in [3.63, 3.8) is 0 Å². The van der Waals surface area contributed by atoms with Crippen LogP contribution < -0.4 is 15.8 Å². The van der Waals surface area contributed by atoms with E-state index in [1.165, 1.54) is 10.1 Å². The summed E-state index contributed by atoms with van der Waals surface area (Å²) in [5.41, 5.74) is 7.22. The number of ether oxygens (including phenoxy) is 2. The van der Waals surface area contributed by atoms with Gasteiger partial charge in [-0.15, -0.1) is 5.10 Å². The second kappa shape index (κ2) is 10.5. The van der Waals surface area contributed by atoms with Crippen molar-refractivity contribution in [2.75, 3.05) is 57.1 Å². The third-order valence-electron chi connectivity index (χ3n) is 5.59. The summed E-state index contributed by atoms with van der Waals surface area (Å²) in [6, 6.07) is 11.7. The quantitative estimate of drug-likeness (QED) is 0.337. The molecule has 0 radical (unpaired) electrons. The minimum absolute atomic E-state index is 0.202. The van der Waals surface area contributed by atoms with E-state index in [0.29, 0.717) is 36.5 Å². The van der Waals surface area contributed by atoms with E-state index in [0.717, 1.165) is 51.4 Å². The molecule has 4 heterocycles. The Morgan fingerprint density at radius 3 is 2.71 bits per heavy atom. The minimum atomic E-state index is 0.202. The number of hydrogen-bond donors (Lipinski definition) is 2. The molecule has 0 atom stereocenters. The molecule has 11 nitrogen and oxygen atoms in total. The smallest absolute Gasteiger partial charge is 0.259 e. The van der Waals surface area contributed by atoms with Crippen LogP contribution >= 0.6 is 0 Å². The van der Waals surface area contributed by atoms with Crippen molar-refractivity contribution in [3.8, 4) is 17.3 Å². The molecule has 0 amide bonds. The van der Waals surface area contributed by atoms with Gasteiger partial charge in [0.25, 0.3) is 5.78 Å². The van der Waals surface area contributed by atoms with E-state index in [-0.39, 0.29) is 5.95 Å². The van der Waals surface area contributed by atoms with E-state index in [1.807, 2.05) is 12.1 Å². The highest BCUT2D eigenvalue weighted by Crippen LogP contribution is 2.18. The van der Waals surface area contributed by atoms with E-state index in [2.05, 4.69) is 42.4 Å². The lowest BCUT2D eigenvalue weighted by Gasteiger charge is -2.26. The van der Waals surface area contributed by atoms with Gasteiger partial charge in [-0.1, -0.05) is 12.1 Å². The van der Waals surface area contributed by atoms with Crippen molar-refractivity contribution in [3.05, 3.63) is 48.2 Å². The van der Waals surface area contributed by atoms with E-state index >= 15 is 0 Å². The first-order chi connectivity index (χ1) is 16.7. The number of benzene rings is 1. The lowest BCUT2D eigenvalue weighted by molar-refractivity contribution is 0.0358. The number of nitrogens with one attached hydrogen (secondary N) is 1. The third-order valence-corrected chi connectivity index (χ3v) is 5.59. The number of anilines is 2. The number of nitrogens with zero attached hydrogens (tertiary/aromatic N) is 6. The molecule has 0 bridgehead atoms. The molecule has 11 heteroatoms. The maximum atomic E-state index is 6.03. The summed E-state index contributed by atoms with van der Waals surface area (Å²) in [4.78, 5) is 15.5. The molecule has 5 rings (SSSR count). The normalized spacial score (nSPS) is 14.5. The molecule has 3 aromatic heterocycles. The van der Waals surface area contributed by atoms with E-state index in [1.54, 1.807) is 18.4 Å². The fraction of sp³-hybridized carbons (Fsp3) is 0.391. The zero-order valence-electron chi connectivity index (χ0n) is 18.9. The van der Waals surface area contributed by atoms with E-state index < -0.39 is 0 Å². The highest BCUT2D eigenvalue weighted by atomic mass is 16.5. The van der Waals surface area contributed by atoms with Crippen LogP contribution in [0.1, 0.15) is 12.0 Å². The molecule has 0 unspecified atom stereocenters. The summed E-state index contributed by atoms with van der Waals surface area (Å²) in [5, 5.41) is 7.50. The Bertz CT molecular complexity index is 1190. The standard InChI is InChI=1S/C23H28N8O3/c24-21-27-22(28-23-26-20(29-31(21)23)19-3-1-13-34-19)25-9-8-17-4-6-18(7-5-17)33-14-2-10-30-11-15-32-16-12-30/h1,3-7,13H,2,8-12,14-16H2,(H3,24,25,26,27,28,29). The maximum Gasteiger partial charge on any atom is 0.259 e. The van der Waals surface area contributed by atoms with Crippen molar-refractivity contribution in [2.45, 2.75) is 12.8 Å². The number of furan rings is 1. The molecule has 34 heavy (non-hydrogen) atoms. The molecule has 1 aliphatic heterocycles. The van der Waals surface area contributed by atoms with Gasteiger partial charge in [-0.2, -0.15) is 19.5 Å². The Morgan fingerprint density at radius 1 is 1.06 bits per heavy atom. The van der Waals surface area contributed by atoms with Gasteiger partial charge in [-0.25, -0.2) is 0 Å². The average Bonchev–Trinajstić information content (AvgIpc) is 3.54. The topological polar surface area (TPSA) is 129 Å². The Balaban J connectivity index is 1.08. The van der Waals surface area contributed by atoms with E-state index in [9.17, 15) is 0 Å². The molecular formula is C23H28N8O3. The second-order valence-electron chi connectivity index (χ2n) is 8.01. The number of aromatic nitrogens is 5. The van der Waals surface area contributed by atoms with Crippen molar-refractivity contribution < 1.29 is 13.9 Å². The number of nitrogens with two attached hydrogens (primary N) is 1. The van der Waals surface area contributed by atoms with Crippen molar-refractivity contribution in [1.29, 1.82) is 0 Å². The van der Waals surface area contributed by atoms with Crippen LogP contribution in [0.25, 0.3) is 17.4 Å². The van der Waals surface area contributed by atoms with Crippen LogP contribution in [-0.4, -0.2) is 75.5 Å². The largest absolute Gasteiger partial charge is 0.494 e. The summed E-state index contributed by atoms with van der Waals surface area (Å²) < 4.78 is 18.0. The SMILES string of the molecule is Nc1nc(NCCc2ccc(OCCCN3CCOCC3)cc2)nc2nc(-c3ccco3)nn12. The molecular weight excluding hydrogens is 436 g/mol. The zero-order valence-corrected chi connectivity index (χ0v) is 18.9. The van der Waals surface area contributed by atoms with Gasteiger partial charge >= 0.3 is 0 Å². The first-order valence-corrected chi connectivity index (χ1v) is 11.4. The van der Waals surface area contributed by atoms with Gasteiger partial charge in [0, 0.05) is 26.2 Å². The minimum Gasteiger partial charge on any atom is -0.494 e. The molecule has 1 saturated heterocycles. The Labute approximate surface area is 196 Å². The zero-order chi connectivity index (χ0) is 23.2. The lowest BCUT2D eigenvalue weighted by Crippen LogP contribution is -2.37. The lowest BCUT2D eigenvalue weighted by atomic mass is 10.1. The highest BCUT2D eigenvalue weighted by Gasteiger charge is 2.14. The molecule has 1 aromatic carbocycles. The van der Waals surface area contributed by atoms with Gasteiger partial charge in [-0.05, 0) is 42.7 Å². The predicted octanol–water partition coefficient (Wildman–Crippen LogP) is 2.12. The molecule has 0 aliphatic carbocycles. The van der Waals surface area contributed by atoms with Crippen LogP contribution in [0.15, 0.2) is 47.1 Å². The second-order valence-corrected chi connectivity index (χ2v) is 8.01. The highest BCUT2D eigenvalue weighted by molar-refractivity contribution is 5.52. The summed E-state index contributed by atoms with van der Waals surface area (Å²) in [7, 11) is 0. The molecule has 178 valence electrons. The van der Waals surface area contributed by atoms with Crippen LogP contribution in [0.3, 0.4) is 0 Å². The van der Waals surface area contributed by atoms with Gasteiger partial charge in [-0.3, -0.25) is 4.90 Å². The first-order valence-electron chi connectivity index (χ1n) is 11.4. The number of hydrogen-bond acceptors (Lipinski definition) is 10. The number of fused-ring (bicyclic) bond motifs is 1. The molecule has 1 aliphatic rings. The summed E-state index contributed by atoms with van der Waals surface area (Å²) in [6.07, 6.45) is 3.37. The van der Waals surface area contributed by atoms with Gasteiger partial charge in [0.15, 0.2) is 5.76 Å². The van der Waals surface area contributed by atoms with Gasteiger partial charge < -0.3 is 24.9 Å². The van der Waals surface area contributed by atoms with Gasteiger partial charge in [0.1, 0.15) is 5.75 Å². The predicted molar refractivity (Wildman–Crippen MR) is 127 cm³/mol. The van der Waals surface area contributed by atoms with Crippen LogP contribution in [0, 0.1) is 0 Å². The molecule has 0 spiro atoms. The first kappa shape index (κ1) is 22.1. The number of morpholine rings is 1. The molecule has 0 saturated carbocycles. The number of nitrogen functional groups attached to an aromatic ring is 1. The Morgan fingerprint density at radius 2 is 1.91 bits per heavy atom. The van der Waals surface area contributed by atoms with Crippen molar-refractivity contribution in [2.24, 2.45) is 0 Å². The average molecular weight is 465 g/mol. The Hall–Kier alpha value is -3.70. The van der Waals surface area contributed by atoms with Crippen LogP contribution in [0.4, 0.5) is 11.9 Å². The van der Waals surface area contributed by atoms with Crippen LogP contribution in [-0.2, 0) is 11.2 Å². The van der Waals surface area contributed by atoms with Crippen LogP contribution in [0.5, 0.6) is 5.75 Å². The van der Waals surface area contributed by atoms with Gasteiger partial charge in [0.05, 0.1) is 26.1 Å². The van der Waals surface area contributed by atoms with E-state index in [4.69, 9.17) is 19.6 Å².